The molecular weight excluding hydrogens is 319 g/mol. The van der Waals surface area contributed by atoms with Crippen molar-refractivity contribution in [1.82, 2.24) is 4.57 Å². The maximum Gasteiger partial charge on any atom is 0.416 e. The SMILES string of the molecule is COc1ccc2c(=O)n(C)cc(-c3ccc(C(F)(F)F)cc3)c2c1. The quantitative estimate of drug-likeness (QED) is 0.703. The van der Waals surface area contributed by atoms with E-state index in [4.69, 9.17) is 4.74 Å². The highest BCUT2D eigenvalue weighted by atomic mass is 19.4. The highest BCUT2D eigenvalue weighted by Gasteiger charge is 2.30. The fraction of sp³-hybridized carbons (Fsp3) is 0.167. The first-order valence-electron chi connectivity index (χ1n) is 7.16. The fourth-order valence-corrected chi connectivity index (χ4v) is 2.64. The first-order valence-corrected chi connectivity index (χ1v) is 7.16. The van der Waals surface area contributed by atoms with Gasteiger partial charge in [-0.3, -0.25) is 4.79 Å². The van der Waals surface area contributed by atoms with Gasteiger partial charge in [-0.25, -0.2) is 0 Å². The van der Waals surface area contributed by atoms with Gasteiger partial charge in [0.05, 0.1) is 12.7 Å². The Kier molecular flexibility index (Phi) is 3.83. The standard InChI is InChI=1S/C18H14F3NO2/c1-22-10-16(11-3-5-12(6-4-11)18(19,20)21)15-9-13(24-2)7-8-14(15)17(22)23/h3-10H,1-2H3. The van der Waals surface area contributed by atoms with Crippen LogP contribution in [-0.2, 0) is 13.2 Å². The maximum atomic E-state index is 12.7. The van der Waals surface area contributed by atoms with Gasteiger partial charge in [0.2, 0.25) is 0 Å². The molecule has 0 radical (unpaired) electrons. The molecule has 0 atom stereocenters. The van der Waals surface area contributed by atoms with E-state index in [2.05, 4.69) is 0 Å². The van der Waals surface area contributed by atoms with Crippen molar-refractivity contribution < 1.29 is 17.9 Å². The molecule has 0 aliphatic carbocycles. The molecule has 3 aromatic rings. The summed E-state index contributed by atoms with van der Waals surface area (Å²) in [5, 5.41) is 1.12. The van der Waals surface area contributed by atoms with Crippen LogP contribution >= 0.6 is 0 Å². The van der Waals surface area contributed by atoms with Gasteiger partial charge in [-0.05, 0) is 35.9 Å². The topological polar surface area (TPSA) is 31.2 Å². The van der Waals surface area contributed by atoms with Crippen molar-refractivity contribution in [3.05, 3.63) is 64.6 Å². The molecule has 0 spiro atoms. The molecule has 6 heteroatoms. The summed E-state index contributed by atoms with van der Waals surface area (Å²) in [5.74, 6) is 0.573. The summed E-state index contributed by atoms with van der Waals surface area (Å²) in [6, 6.07) is 9.93. The van der Waals surface area contributed by atoms with Crippen molar-refractivity contribution in [3.63, 3.8) is 0 Å². The number of alkyl halides is 3. The average Bonchev–Trinajstić information content (AvgIpc) is 2.57. The lowest BCUT2D eigenvalue weighted by atomic mass is 9.99. The Morgan fingerprint density at radius 1 is 1.00 bits per heavy atom. The van der Waals surface area contributed by atoms with E-state index in [1.54, 1.807) is 31.4 Å². The molecule has 0 amide bonds. The van der Waals surface area contributed by atoms with Crippen LogP contribution in [0.15, 0.2) is 53.5 Å². The van der Waals surface area contributed by atoms with Gasteiger partial charge in [0, 0.05) is 29.6 Å². The van der Waals surface area contributed by atoms with Crippen LogP contribution in [0.25, 0.3) is 21.9 Å². The van der Waals surface area contributed by atoms with E-state index < -0.39 is 11.7 Å². The second-order valence-corrected chi connectivity index (χ2v) is 5.45. The minimum atomic E-state index is -4.38. The molecule has 3 rings (SSSR count). The molecule has 0 aliphatic heterocycles. The van der Waals surface area contributed by atoms with Crippen molar-refractivity contribution in [2.45, 2.75) is 6.18 Å². The van der Waals surface area contributed by atoms with Gasteiger partial charge in [-0.15, -0.1) is 0 Å². The number of methoxy groups -OCH3 is 1. The zero-order valence-corrected chi connectivity index (χ0v) is 13.0. The number of hydrogen-bond donors (Lipinski definition) is 0. The van der Waals surface area contributed by atoms with Crippen LogP contribution in [0.4, 0.5) is 13.2 Å². The van der Waals surface area contributed by atoms with Gasteiger partial charge < -0.3 is 9.30 Å². The molecule has 1 heterocycles. The number of aryl methyl sites for hydroxylation is 1. The summed E-state index contributed by atoms with van der Waals surface area (Å²) >= 11 is 0. The lowest BCUT2D eigenvalue weighted by molar-refractivity contribution is -0.137. The molecular formula is C18H14F3NO2. The highest BCUT2D eigenvalue weighted by molar-refractivity contribution is 5.96. The Morgan fingerprint density at radius 3 is 2.25 bits per heavy atom. The van der Waals surface area contributed by atoms with E-state index in [0.717, 1.165) is 12.1 Å². The number of pyridine rings is 1. The van der Waals surface area contributed by atoms with E-state index in [1.807, 2.05) is 0 Å². The van der Waals surface area contributed by atoms with E-state index in [0.29, 0.717) is 27.6 Å². The zero-order chi connectivity index (χ0) is 17.5. The molecule has 0 saturated heterocycles. The summed E-state index contributed by atoms with van der Waals surface area (Å²) in [4.78, 5) is 12.3. The van der Waals surface area contributed by atoms with Crippen molar-refractivity contribution in [3.8, 4) is 16.9 Å². The van der Waals surface area contributed by atoms with Crippen LogP contribution in [0.5, 0.6) is 5.75 Å². The second kappa shape index (κ2) is 5.70. The Labute approximate surface area is 135 Å². The normalized spacial score (nSPS) is 11.7. The second-order valence-electron chi connectivity index (χ2n) is 5.45. The van der Waals surface area contributed by atoms with Crippen molar-refractivity contribution in [2.75, 3.05) is 7.11 Å². The molecule has 0 fully saturated rings. The predicted molar refractivity (Wildman–Crippen MR) is 86.2 cm³/mol. The van der Waals surface area contributed by atoms with Crippen LogP contribution in [0.3, 0.4) is 0 Å². The molecule has 0 saturated carbocycles. The third-order valence-corrected chi connectivity index (χ3v) is 3.91. The fourth-order valence-electron chi connectivity index (χ4n) is 2.64. The van der Waals surface area contributed by atoms with Crippen LogP contribution in [0.1, 0.15) is 5.56 Å². The Balaban J connectivity index is 2.25. The van der Waals surface area contributed by atoms with E-state index in [1.165, 1.54) is 23.8 Å². The minimum Gasteiger partial charge on any atom is -0.497 e. The van der Waals surface area contributed by atoms with Crippen molar-refractivity contribution in [1.29, 1.82) is 0 Å². The average molecular weight is 333 g/mol. The minimum absolute atomic E-state index is 0.177. The summed E-state index contributed by atoms with van der Waals surface area (Å²) in [7, 11) is 3.12. The van der Waals surface area contributed by atoms with E-state index >= 15 is 0 Å². The molecule has 0 bridgehead atoms. The van der Waals surface area contributed by atoms with Gasteiger partial charge in [0.25, 0.3) is 5.56 Å². The van der Waals surface area contributed by atoms with Crippen LogP contribution in [0.2, 0.25) is 0 Å². The smallest absolute Gasteiger partial charge is 0.416 e. The predicted octanol–water partition coefficient (Wildman–Crippen LogP) is 4.23. The number of ether oxygens (including phenoxy) is 1. The summed E-state index contributed by atoms with van der Waals surface area (Å²) < 4.78 is 44.8. The number of aromatic nitrogens is 1. The van der Waals surface area contributed by atoms with E-state index in [9.17, 15) is 18.0 Å². The van der Waals surface area contributed by atoms with E-state index in [-0.39, 0.29) is 5.56 Å². The number of benzene rings is 2. The largest absolute Gasteiger partial charge is 0.497 e. The Bertz CT molecular complexity index is 957. The van der Waals surface area contributed by atoms with Gasteiger partial charge in [-0.1, -0.05) is 12.1 Å². The van der Waals surface area contributed by atoms with Crippen LogP contribution < -0.4 is 10.3 Å². The monoisotopic (exact) mass is 333 g/mol. The molecule has 0 N–H and O–H groups in total. The first kappa shape index (κ1) is 16.1. The molecule has 3 nitrogen and oxygen atoms in total. The Hall–Kier alpha value is -2.76. The number of fused-ring (bicyclic) bond motifs is 1. The molecule has 2 aromatic carbocycles. The van der Waals surface area contributed by atoms with Crippen molar-refractivity contribution >= 4 is 10.8 Å². The van der Waals surface area contributed by atoms with Crippen LogP contribution in [-0.4, -0.2) is 11.7 Å². The molecule has 0 unspecified atom stereocenters. The number of halogens is 3. The highest BCUT2D eigenvalue weighted by Crippen LogP contribution is 2.33. The third-order valence-electron chi connectivity index (χ3n) is 3.91. The summed E-state index contributed by atoms with van der Waals surface area (Å²) in [5.41, 5.74) is 0.373. The first-order chi connectivity index (χ1) is 11.3. The number of nitrogens with zero attached hydrogens (tertiary/aromatic N) is 1. The van der Waals surface area contributed by atoms with Gasteiger partial charge >= 0.3 is 6.18 Å². The lowest BCUT2D eigenvalue weighted by Gasteiger charge is -2.12. The lowest BCUT2D eigenvalue weighted by Crippen LogP contribution is -2.16. The molecule has 124 valence electrons. The van der Waals surface area contributed by atoms with Gasteiger partial charge in [-0.2, -0.15) is 13.2 Å². The molecule has 24 heavy (non-hydrogen) atoms. The maximum absolute atomic E-state index is 12.7. The Morgan fingerprint density at radius 2 is 1.67 bits per heavy atom. The van der Waals surface area contributed by atoms with Crippen LogP contribution in [0, 0.1) is 0 Å². The summed E-state index contributed by atoms with van der Waals surface area (Å²) in [6.45, 7) is 0. The number of rotatable bonds is 2. The molecule has 0 aliphatic rings. The summed E-state index contributed by atoms with van der Waals surface area (Å²) in [6.07, 6.45) is -2.76. The van der Waals surface area contributed by atoms with Crippen molar-refractivity contribution in [2.24, 2.45) is 7.05 Å². The third kappa shape index (κ3) is 2.75. The van der Waals surface area contributed by atoms with Gasteiger partial charge in [0.1, 0.15) is 5.75 Å². The van der Waals surface area contributed by atoms with Gasteiger partial charge in [0.15, 0.2) is 0 Å². The number of hydrogen-bond acceptors (Lipinski definition) is 2. The zero-order valence-electron chi connectivity index (χ0n) is 13.0. The molecule has 1 aromatic heterocycles.